The highest BCUT2D eigenvalue weighted by molar-refractivity contribution is 5.93. The van der Waals surface area contributed by atoms with Gasteiger partial charge in [-0.05, 0) is 92.2 Å². The summed E-state index contributed by atoms with van der Waals surface area (Å²) in [5.41, 5.74) is 4.87. The Balaban J connectivity index is 1.69. The van der Waals surface area contributed by atoms with E-state index >= 15 is 0 Å². The van der Waals surface area contributed by atoms with Gasteiger partial charge < -0.3 is 10.1 Å². The van der Waals surface area contributed by atoms with Crippen LogP contribution in [0, 0.1) is 17.3 Å². The summed E-state index contributed by atoms with van der Waals surface area (Å²) in [5, 5.41) is 3.20. The highest BCUT2D eigenvalue weighted by Gasteiger charge is 2.67. The number of carbonyl (C=O) groups excluding carboxylic acids is 3. The number of benzene rings is 1. The molecule has 5 rings (SSSR count). The van der Waals surface area contributed by atoms with Gasteiger partial charge in [-0.3, -0.25) is 14.4 Å². The Morgan fingerprint density at radius 1 is 1.06 bits per heavy atom. The molecule has 0 amide bonds. The van der Waals surface area contributed by atoms with Crippen molar-refractivity contribution >= 4 is 23.2 Å². The lowest BCUT2D eigenvalue weighted by Gasteiger charge is -2.55. The van der Waals surface area contributed by atoms with E-state index in [9.17, 15) is 14.4 Å². The summed E-state index contributed by atoms with van der Waals surface area (Å²) >= 11 is 0. The molecular weight excluding hydrogens is 426 g/mol. The molecule has 180 valence electrons. The van der Waals surface area contributed by atoms with Gasteiger partial charge in [0.25, 0.3) is 0 Å². The molecule has 2 fully saturated rings. The Morgan fingerprint density at radius 2 is 1.79 bits per heavy atom. The van der Waals surface area contributed by atoms with Crippen molar-refractivity contribution in [3.8, 4) is 0 Å². The lowest BCUT2D eigenvalue weighted by atomic mass is 9.50. The molecule has 4 aliphatic carbocycles. The summed E-state index contributed by atoms with van der Waals surface area (Å²) in [5.74, 6) is 0.579. The minimum absolute atomic E-state index is 0.0345. The van der Waals surface area contributed by atoms with Crippen LogP contribution >= 0.6 is 0 Å². The van der Waals surface area contributed by atoms with E-state index in [1.807, 2.05) is 13.1 Å². The number of ketones is 2. The number of ether oxygens (including phenoxy) is 1. The predicted octanol–water partition coefficient (Wildman–Crippen LogP) is 5.52. The van der Waals surface area contributed by atoms with E-state index in [1.54, 1.807) is 6.92 Å². The van der Waals surface area contributed by atoms with Gasteiger partial charge in [0.2, 0.25) is 0 Å². The molecule has 0 radical (unpaired) electrons. The Bertz CT molecular complexity index is 1110. The van der Waals surface area contributed by atoms with Crippen molar-refractivity contribution in [2.24, 2.45) is 17.3 Å². The molecule has 1 aromatic carbocycles. The van der Waals surface area contributed by atoms with Gasteiger partial charge in [-0.1, -0.05) is 24.6 Å². The van der Waals surface area contributed by atoms with Gasteiger partial charge in [-0.15, -0.1) is 0 Å². The molecule has 1 N–H and O–H groups in total. The standard InChI is InChI=1S/C29H35NO4/c1-17(31)29(34-18(2)32)14-13-26-24-11-7-20-15-22(33)10-12-23(20)27(24)25(16-28(26,29)3)19-5-8-21(30-4)9-6-19/h5-6,8-9,15,24-26,30H,7,10-14,16H2,1-4H3/t24?,25-,26+,28+,29+/m1/s1. The van der Waals surface area contributed by atoms with Crippen LogP contribution in [-0.2, 0) is 19.1 Å². The topological polar surface area (TPSA) is 72.5 Å². The number of Topliss-reactive ketones (excluding diaryl/α,β-unsaturated/α-hetero) is 1. The molecule has 0 aromatic heterocycles. The molecule has 2 saturated carbocycles. The van der Waals surface area contributed by atoms with Crippen LogP contribution < -0.4 is 5.32 Å². The molecule has 0 bridgehead atoms. The highest BCUT2D eigenvalue weighted by atomic mass is 16.6. The summed E-state index contributed by atoms with van der Waals surface area (Å²) in [6.07, 6.45) is 7.40. The van der Waals surface area contributed by atoms with Gasteiger partial charge in [0.15, 0.2) is 17.2 Å². The zero-order chi connectivity index (χ0) is 24.3. The smallest absolute Gasteiger partial charge is 0.303 e. The van der Waals surface area contributed by atoms with Crippen LogP contribution in [0.2, 0.25) is 0 Å². The van der Waals surface area contributed by atoms with Crippen molar-refractivity contribution in [2.75, 3.05) is 12.4 Å². The monoisotopic (exact) mass is 461 g/mol. The quantitative estimate of drug-likeness (QED) is 0.598. The van der Waals surface area contributed by atoms with Crippen LogP contribution in [0.5, 0.6) is 0 Å². The second kappa shape index (κ2) is 8.21. The molecule has 1 unspecified atom stereocenters. The fraction of sp³-hybridized carbons (Fsp3) is 0.552. The van der Waals surface area contributed by atoms with Gasteiger partial charge in [0.05, 0.1) is 0 Å². The maximum atomic E-state index is 13.2. The summed E-state index contributed by atoms with van der Waals surface area (Å²) in [7, 11) is 1.91. The molecule has 0 spiro atoms. The minimum atomic E-state index is -1.07. The normalized spacial score (nSPS) is 34.5. The fourth-order valence-corrected chi connectivity index (χ4v) is 7.89. The Hall–Kier alpha value is -2.69. The zero-order valence-corrected chi connectivity index (χ0v) is 20.7. The van der Waals surface area contributed by atoms with Crippen molar-refractivity contribution in [3.05, 3.63) is 52.6 Å². The number of hydrogen-bond acceptors (Lipinski definition) is 5. The lowest BCUT2D eigenvalue weighted by molar-refractivity contribution is -0.182. The first-order valence-electron chi connectivity index (χ1n) is 12.6. The molecule has 0 heterocycles. The van der Waals surface area contributed by atoms with E-state index in [0.717, 1.165) is 37.8 Å². The van der Waals surface area contributed by atoms with E-state index in [4.69, 9.17) is 4.74 Å². The first-order chi connectivity index (χ1) is 16.2. The number of carbonyl (C=O) groups is 3. The van der Waals surface area contributed by atoms with Crippen molar-refractivity contribution in [1.29, 1.82) is 0 Å². The average molecular weight is 462 g/mol. The summed E-state index contributed by atoms with van der Waals surface area (Å²) in [6, 6.07) is 8.58. The van der Waals surface area contributed by atoms with Crippen molar-refractivity contribution in [2.45, 2.75) is 77.2 Å². The van der Waals surface area contributed by atoms with Crippen LogP contribution in [0.1, 0.15) is 77.2 Å². The number of rotatable bonds is 4. The first kappa shape index (κ1) is 23.1. The molecule has 0 saturated heterocycles. The number of hydrogen-bond donors (Lipinski definition) is 1. The van der Waals surface area contributed by atoms with Crippen LogP contribution in [0.4, 0.5) is 5.69 Å². The number of fused-ring (bicyclic) bond motifs is 4. The third-order valence-corrected chi connectivity index (χ3v) is 9.34. The van der Waals surface area contributed by atoms with Crippen LogP contribution in [-0.4, -0.2) is 30.2 Å². The van der Waals surface area contributed by atoms with Gasteiger partial charge >= 0.3 is 5.97 Å². The maximum absolute atomic E-state index is 13.2. The molecular formula is C29H35NO4. The molecule has 5 heteroatoms. The zero-order valence-electron chi connectivity index (χ0n) is 20.7. The van der Waals surface area contributed by atoms with Crippen LogP contribution in [0.3, 0.4) is 0 Å². The highest BCUT2D eigenvalue weighted by Crippen LogP contribution is 2.67. The first-order valence-corrected chi connectivity index (χ1v) is 12.6. The fourth-order valence-electron chi connectivity index (χ4n) is 7.89. The molecule has 5 nitrogen and oxygen atoms in total. The number of nitrogens with one attached hydrogen (secondary N) is 1. The van der Waals surface area contributed by atoms with E-state index < -0.39 is 11.0 Å². The Labute approximate surface area is 202 Å². The second-order valence-electron chi connectivity index (χ2n) is 10.9. The van der Waals surface area contributed by atoms with Crippen molar-refractivity contribution < 1.29 is 19.1 Å². The predicted molar refractivity (Wildman–Crippen MR) is 131 cm³/mol. The van der Waals surface area contributed by atoms with E-state index in [2.05, 4.69) is 36.5 Å². The maximum Gasteiger partial charge on any atom is 0.303 e. The summed E-state index contributed by atoms with van der Waals surface area (Å²) in [4.78, 5) is 37.6. The SMILES string of the molecule is CNc1ccc([C@H]2C[C@@]3(C)[C@@H](CC[C@]3(OC(C)=O)C(C)=O)C3CCC4=CC(=O)CCC4=C32)cc1. The third kappa shape index (κ3) is 3.30. The number of allylic oxidation sites excluding steroid dienone is 4. The Kier molecular flexibility index (Phi) is 5.57. The van der Waals surface area contributed by atoms with E-state index in [0.29, 0.717) is 18.8 Å². The molecule has 5 atom stereocenters. The molecule has 34 heavy (non-hydrogen) atoms. The molecule has 4 aliphatic rings. The van der Waals surface area contributed by atoms with Gasteiger partial charge in [-0.25, -0.2) is 0 Å². The summed E-state index contributed by atoms with van der Waals surface area (Å²) in [6.45, 7) is 5.21. The van der Waals surface area contributed by atoms with Gasteiger partial charge in [0, 0.05) is 37.4 Å². The largest absolute Gasteiger partial charge is 0.451 e. The van der Waals surface area contributed by atoms with E-state index in [-0.39, 0.29) is 29.4 Å². The Morgan fingerprint density at radius 3 is 2.44 bits per heavy atom. The second-order valence-corrected chi connectivity index (χ2v) is 10.9. The molecule has 0 aliphatic heterocycles. The van der Waals surface area contributed by atoms with Crippen LogP contribution in [0.25, 0.3) is 0 Å². The number of anilines is 1. The number of esters is 1. The van der Waals surface area contributed by atoms with Crippen molar-refractivity contribution in [1.82, 2.24) is 0 Å². The third-order valence-electron chi connectivity index (χ3n) is 9.34. The average Bonchev–Trinajstić information content (AvgIpc) is 3.10. The van der Waals surface area contributed by atoms with Crippen LogP contribution in [0.15, 0.2) is 47.1 Å². The lowest BCUT2D eigenvalue weighted by Crippen LogP contribution is -2.57. The van der Waals surface area contributed by atoms with E-state index in [1.165, 1.54) is 29.2 Å². The minimum Gasteiger partial charge on any atom is -0.451 e. The summed E-state index contributed by atoms with van der Waals surface area (Å²) < 4.78 is 5.98. The van der Waals surface area contributed by atoms with Gasteiger partial charge in [-0.2, -0.15) is 0 Å². The van der Waals surface area contributed by atoms with Gasteiger partial charge in [0.1, 0.15) is 0 Å². The molecule has 1 aromatic rings. The van der Waals surface area contributed by atoms with Crippen molar-refractivity contribution in [3.63, 3.8) is 0 Å².